The molecular weight excluding hydrogens is 202 g/mol. The molecule has 0 amide bonds. The largest absolute Gasteiger partial charge is 0.497 e. The fourth-order valence-electron chi connectivity index (χ4n) is 1.38. The van der Waals surface area contributed by atoms with Gasteiger partial charge in [-0.3, -0.25) is 4.90 Å². The monoisotopic (exact) mass is 223 g/mol. The summed E-state index contributed by atoms with van der Waals surface area (Å²) in [6.07, 6.45) is 0. The highest BCUT2D eigenvalue weighted by atomic mass is 16.5. The van der Waals surface area contributed by atoms with E-state index in [4.69, 9.17) is 4.74 Å². The summed E-state index contributed by atoms with van der Waals surface area (Å²) in [5.41, 5.74) is 0.978. The highest BCUT2D eigenvalue weighted by Crippen LogP contribution is 2.18. The van der Waals surface area contributed by atoms with Gasteiger partial charge in [0.15, 0.2) is 0 Å². The van der Waals surface area contributed by atoms with Crippen molar-refractivity contribution in [1.82, 2.24) is 4.90 Å². The molecule has 0 radical (unpaired) electrons. The Bertz CT molecular complexity index is 336. The quantitative estimate of drug-likeness (QED) is 0.827. The van der Waals surface area contributed by atoms with Gasteiger partial charge in [-0.05, 0) is 38.6 Å². The highest BCUT2D eigenvalue weighted by Gasteiger charge is 2.22. The summed E-state index contributed by atoms with van der Waals surface area (Å²) >= 11 is 0. The minimum absolute atomic E-state index is 0.146. The third-order valence-corrected chi connectivity index (χ3v) is 2.97. The zero-order valence-electron chi connectivity index (χ0n) is 10.5. The molecule has 1 N–H and O–H groups in total. The van der Waals surface area contributed by atoms with Crippen LogP contribution in [0.1, 0.15) is 19.4 Å². The molecule has 1 aromatic rings. The summed E-state index contributed by atoms with van der Waals surface area (Å²) in [6.45, 7) is 4.98. The molecule has 0 aliphatic heterocycles. The van der Waals surface area contributed by atoms with Crippen molar-refractivity contribution in [2.45, 2.75) is 25.9 Å². The normalized spacial score (nSPS) is 11.9. The van der Waals surface area contributed by atoms with Gasteiger partial charge >= 0.3 is 0 Å². The van der Waals surface area contributed by atoms with E-state index in [2.05, 4.69) is 11.0 Å². The summed E-state index contributed by atoms with van der Waals surface area (Å²) in [6, 6.07) is 7.99. The van der Waals surface area contributed by atoms with E-state index in [0.29, 0.717) is 0 Å². The molecule has 1 aromatic carbocycles. The van der Waals surface area contributed by atoms with Crippen LogP contribution in [0.15, 0.2) is 24.3 Å². The summed E-state index contributed by atoms with van der Waals surface area (Å²) in [5, 5.41) is 9.28. The summed E-state index contributed by atoms with van der Waals surface area (Å²) in [4.78, 5) is 2.13. The fourth-order valence-corrected chi connectivity index (χ4v) is 1.38. The minimum atomic E-state index is -0.205. The molecule has 0 atom stereocenters. The van der Waals surface area contributed by atoms with Crippen molar-refractivity contribution in [1.29, 1.82) is 0 Å². The van der Waals surface area contributed by atoms with Crippen LogP contribution >= 0.6 is 0 Å². The second kappa shape index (κ2) is 5.32. The van der Waals surface area contributed by atoms with Gasteiger partial charge in [0.05, 0.1) is 13.7 Å². The first kappa shape index (κ1) is 13.0. The van der Waals surface area contributed by atoms with E-state index in [0.717, 1.165) is 12.3 Å². The van der Waals surface area contributed by atoms with Crippen molar-refractivity contribution in [3.05, 3.63) is 29.8 Å². The van der Waals surface area contributed by atoms with E-state index in [1.807, 2.05) is 39.1 Å². The lowest BCUT2D eigenvalue weighted by Gasteiger charge is -2.33. The number of ether oxygens (including phenoxy) is 1. The van der Waals surface area contributed by atoms with Crippen LogP contribution in [0, 0.1) is 0 Å². The topological polar surface area (TPSA) is 32.7 Å². The molecular formula is C13H21NO2. The summed E-state index contributed by atoms with van der Waals surface area (Å²) < 4.78 is 5.18. The molecule has 0 unspecified atom stereocenters. The Labute approximate surface area is 97.7 Å². The molecule has 0 aromatic heterocycles. The molecule has 0 aliphatic rings. The average molecular weight is 223 g/mol. The third kappa shape index (κ3) is 3.22. The number of benzene rings is 1. The van der Waals surface area contributed by atoms with Crippen molar-refractivity contribution in [2.75, 3.05) is 20.8 Å². The Balaban J connectivity index is 2.72. The van der Waals surface area contributed by atoms with Crippen molar-refractivity contribution >= 4 is 0 Å². The van der Waals surface area contributed by atoms with Crippen LogP contribution in [0.4, 0.5) is 0 Å². The SMILES string of the molecule is COc1cccc(CN(C)C(C)(C)CO)c1. The molecule has 0 bridgehead atoms. The molecule has 0 heterocycles. The number of nitrogens with zero attached hydrogens (tertiary/aromatic N) is 1. The van der Waals surface area contributed by atoms with Gasteiger partial charge in [0.2, 0.25) is 0 Å². The number of rotatable bonds is 5. The number of likely N-dealkylation sites (N-methyl/N-ethyl adjacent to an activating group) is 1. The molecule has 0 fully saturated rings. The average Bonchev–Trinajstić information content (AvgIpc) is 2.29. The first-order valence-corrected chi connectivity index (χ1v) is 5.44. The van der Waals surface area contributed by atoms with Crippen molar-refractivity contribution in [2.24, 2.45) is 0 Å². The van der Waals surface area contributed by atoms with E-state index in [-0.39, 0.29) is 12.1 Å². The Morgan fingerprint density at radius 1 is 1.38 bits per heavy atom. The lowest BCUT2D eigenvalue weighted by atomic mass is 10.0. The van der Waals surface area contributed by atoms with Crippen molar-refractivity contribution < 1.29 is 9.84 Å². The van der Waals surface area contributed by atoms with Gasteiger partial charge in [0.1, 0.15) is 5.75 Å². The maximum Gasteiger partial charge on any atom is 0.119 e. The molecule has 1 rings (SSSR count). The van der Waals surface area contributed by atoms with Crippen molar-refractivity contribution in [3.8, 4) is 5.75 Å². The van der Waals surface area contributed by atoms with Gasteiger partial charge in [-0.15, -0.1) is 0 Å². The maximum atomic E-state index is 9.28. The molecule has 3 heteroatoms. The summed E-state index contributed by atoms with van der Waals surface area (Å²) in [5.74, 6) is 0.868. The minimum Gasteiger partial charge on any atom is -0.497 e. The van der Waals surface area contributed by atoms with E-state index < -0.39 is 0 Å². The van der Waals surface area contributed by atoms with Gasteiger partial charge in [-0.25, -0.2) is 0 Å². The predicted octanol–water partition coefficient (Wildman–Crippen LogP) is 1.90. The van der Waals surface area contributed by atoms with Crippen LogP contribution in [-0.2, 0) is 6.54 Å². The molecule has 0 aliphatic carbocycles. The van der Waals surface area contributed by atoms with E-state index in [9.17, 15) is 5.11 Å². The predicted molar refractivity (Wildman–Crippen MR) is 65.6 cm³/mol. The maximum absolute atomic E-state index is 9.28. The Kier molecular flexibility index (Phi) is 4.33. The van der Waals surface area contributed by atoms with Crippen LogP contribution in [-0.4, -0.2) is 36.3 Å². The molecule has 3 nitrogen and oxygen atoms in total. The van der Waals surface area contributed by atoms with Gasteiger partial charge in [0.25, 0.3) is 0 Å². The standard InChI is InChI=1S/C13H21NO2/c1-13(2,10-15)14(3)9-11-6-5-7-12(8-11)16-4/h5-8,15H,9-10H2,1-4H3. The second-order valence-electron chi connectivity index (χ2n) is 4.68. The van der Waals surface area contributed by atoms with Crippen LogP contribution in [0.2, 0.25) is 0 Å². The van der Waals surface area contributed by atoms with Gasteiger partial charge in [-0.2, -0.15) is 0 Å². The van der Waals surface area contributed by atoms with Crippen LogP contribution < -0.4 is 4.74 Å². The van der Waals surface area contributed by atoms with E-state index in [1.54, 1.807) is 7.11 Å². The van der Waals surface area contributed by atoms with Gasteiger partial charge in [0, 0.05) is 12.1 Å². The highest BCUT2D eigenvalue weighted by molar-refractivity contribution is 5.28. The number of methoxy groups -OCH3 is 1. The van der Waals surface area contributed by atoms with Crippen molar-refractivity contribution in [3.63, 3.8) is 0 Å². The number of aliphatic hydroxyl groups excluding tert-OH is 1. The first-order valence-electron chi connectivity index (χ1n) is 5.44. The molecule has 0 spiro atoms. The lowest BCUT2D eigenvalue weighted by molar-refractivity contribution is 0.0733. The molecule has 0 saturated heterocycles. The zero-order chi connectivity index (χ0) is 12.2. The van der Waals surface area contributed by atoms with E-state index in [1.165, 1.54) is 5.56 Å². The lowest BCUT2D eigenvalue weighted by Crippen LogP contribution is -2.43. The molecule has 90 valence electrons. The Morgan fingerprint density at radius 2 is 2.06 bits per heavy atom. The summed E-state index contributed by atoms with van der Waals surface area (Å²) in [7, 11) is 3.68. The van der Waals surface area contributed by atoms with E-state index >= 15 is 0 Å². The zero-order valence-corrected chi connectivity index (χ0v) is 10.5. The number of aliphatic hydroxyl groups is 1. The van der Waals surface area contributed by atoms with Gasteiger partial charge < -0.3 is 9.84 Å². The van der Waals surface area contributed by atoms with Crippen LogP contribution in [0.3, 0.4) is 0 Å². The Hall–Kier alpha value is -1.06. The van der Waals surface area contributed by atoms with Crippen LogP contribution in [0.5, 0.6) is 5.75 Å². The number of hydrogen-bond donors (Lipinski definition) is 1. The number of hydrogen-bond acceptors (Lipinski definition) is 3. The van der Waals surface area contributed by atoms with Gasteiger partial charge in [-0.1, -0.05) is 12.1 Å². The smallest absolute Gasteiger partial charge is 0.119 e. The van der Waals surface area contributed by atoms with Crippen LogP contribution in [0.25, 0.3) is 0 Å². The Morgan fingerprint density at radius 3 is 2.62 bits per heavy atom. The molecule has 0 saturated carbocycles. The first-order chi connectivity index (χ1) is 7.49. The molecule has 16 heavy (non-hydrogen) atoms. The third-order valence-electron chi connectivity index (χ3n) is 2.97. The second-order valence-corrected chi connectivity index (χ2v) is 4.68. The fraction of sp³-hybridized carbons (Fsp3) is 0.538.